The van der Waals surface area contributed by atoms with Gasteiger partial charge in [-0.3, -0.25) is 4.79 Å². The van der Waals surface area contributed by atoms with Crippen LogP contribution < -0.4 is 10.6 Å². The molecule has 2 aliphatic rings. The number of amides is 2. The number of rotatable bonds is 7. The second kappa shape index (κ2) is 9.00. The Kier molecular flexibility index (Phi) is 6.14. The molecule has 1 atom stereocenters. The highest BCUT2D eigenvalue weighted by Crippen LogP contribution is 2.44. The molecular weight excluding hydrogens is 412 g/mol. The standard InChI is InChI=1S/C24H26N2O6/c27-13-20(21(28)29)25-22(30)24(11-5-6-12-24)26-23(31)32-14-19-17-9-3-1-7-15(17)16-8-2-4-10-18(16)19/h1-4,7-10,19-20,27H,5-6,11-14H2,(H,25,30)(H,26,31)(H,28,29)/t20-/m1/s1. The number of hydrogen-bond acceptors (Lipinski definition) is 5. The highest BCUT2D eigenvalue weighted by molar-refractivity contribution is 5.93. The van der Waals surface area contributed by atoms with E-state index in [0.29, 0.717) is 25.7 Å². The Bertz CT molecular complexity index is 985. The van der Waals surface area contributed by atoms with Crippen molar-refractivity contribution in [2.45, 2.75) is 43.2 Å². The van der Waals surface area contributed by atoms with Crippen molar-refractivity contribution in [3.8, 4) is 11.1 Å². The first-order valence-electron chi connectivity index (χ1n) is 10.7. The lowest BCUT2D eigenvalue weighted by Crippen LogP contribution is -2.60. The molecule has 0 aliphatic heterocycles. The lowest BCUT2D eigenvalue weighted by molar-refractivity contribution is -0.144. The van der Waals surface area contributed by atoms with Gasteiger partial charge in [0.1, 0.15) is 18.2 Å². The van der Waals surface area contributed by atoms with Gasteiger partial charge in [0.25, 0.3) is 0 Å². The molecule has 8 heteroatoms. The molecule has 1 fully saturated rings. The van der Waals surface area contributed by atoms with E-state index < -0.39 is 36.2 Å². The van der Waals surface area contributed by atoms with Gasteiger partial charge in [0.2, 0.25) is 5.91 Å². The maximum absolute atomic E-state index is 12.8. The minimum absolute atomic E-state index is 0.104. The Labute approximate surface area is 185 Å². The van der Waals surface area contributed by atoms with Crippen LogP contribution in [-0.2, 0) is 14.3 Å². The van der Waals surface area contributed by atoms with Crippen molar-refractivity contribution in [3.63, 3.8) is 0 Å². The Morgan fingerprint density at radius 1 is 1.00 bits per heavy atom. The summed E-state index contributed by atoms with van der Waals surface area (Å²) in [7, 11) is 0. The first kappa shape index (κ1) is 21.8. The minimum atomic E-state index is -1.43. The predicted molar refractivity (Wildman–Crippen MR) is 116 cm³/mol. The van der Waals surface area contributed by atoms with Crippen LogP contribution in [-0.4, -0.2) is 53.0 Å². The Hall–Kier alpha value is -3.39. The maximum Gasteiger partial charge on any atom is 0.408 e. The largest absolute Gasteiger partial charge is 0.480 e. The number of hydrogen-bond donors (Lipinski definition) is 4. The highest BCUT2D eigenvalue weighted by atomic mass is 16.5. The molecule has 0 aromatic heterocycles. The number of carbonyl (C=O) groups excluding carboxylic acids is 2. The zero-order valence-electron chi connectivity index (χ0n) is 17.5. The Morgan fingerprint density at radius 3 is 2.09 bits per heavy atom. The second-order valence-corrected chi connectivity index (χ2v) is 8.29. The van der Waals surface area contributed by atoms with Crippen molar-refractivity contribution in [2.75, 3.05) is 13.2 Å². The summed E-state index contributed by atoms with van der Waals surface area (Å²) < 4.78 is 5.56. The SMILES string of the molecule is O=C(NC1(C(=O)N[C@H](CO)C(=O)O)CCCC1)OCC1c2ccccc2-c2ccccc21. The van der Waals surface area contributed by atoms with Gasteiger partial charge in [-0.2, -0.15) is 0 Å². The monoisotopic (exact) mass is 438 g/mol. The number of nitrogens with one attached hydrogen (secondary N) is 2. The van der Waals surface area contributed by atoms with Crippen LogP contribution >= 0.6 is 0 Å². The van der Waals surface area contributed by atoms with E-state index in [1.165, 1.54) is 0 Å². The molecular formula is C24H26N2O6. The van der Waals surface area contributed by atoms with Gasteiger partial charge in [-0.25, -0.2) is 9.59 Å². The van der Waals surface area contributed by atoms with Crippen molar-refractivity contribution in [2.24, 2.45) is 0 Å². The summed E-state index contributed by atoms with van der Waals surface area (Å²) in [6, 6.07) is 14.6. The maximum atomic E-state index is 12.8. The number of carboxylic acid groups (broad SMARTS) is 1. The third kappa shape index (κ3) is 4.05. The van der Waals surface area contributed by atoms with Crippen LogP contribution in [0.2, 0.25) is 0 Å². The van der Waals surface area contributed by atoms with E-state index >= 15 is 0 Å². The molecule has 0 radical (unpaired) electrons. The average Bonchev–Trinajstić information content (AvgIpc) is 3.39. The smallest absolute Gasteiger partial charge is 0.408 e. The summed E-state index contributed by atoms with van der Waals surface area (Å²) >= 11 is 0. The molecule has 4 N–H and O–H groups in total. The Morgan fingerprint density at radius 2 is 1.56 bits per heavy atom. The van der Waals surface area contributed by atoms with Crippen LogP contribution in [0.25, 0.3) is 11.1 Å². The number of fused-ring (bicyclic) bond motifs is 3. The summed E-state index contributed by atoms with van der Waals surface area (Å²) in [5.41, 5.74) is 3.16. The molecule has 32 heavy (non-hydrogen) atoms. The first-order valence-corrected chi connectivity index (χ1v) is 10.7. The first-order chi connectivity index (χ1) is 15.4. The molecule has 8 nitrogen and oxygen atoms in total. The van der Waals surface area contributed by atoms with Gasteiger partial charge in [0.05, 0.1) is 6.61 Å². The van der Waals surface area contributed by atoms with Crippen LogP contribution in [0.5, 0.6) is 0 Å². The van der Waals surface area contributed by atoms with Gasteiger partial charge in [-0.05, 0) is 35.1 Å². The van der Waals surface area contributed by atoms with Crippen molar-refractivity contribution in [1.29, 1.82) is 0 Å². The molecule has 168 valence electrons. The summed E-state index contributed by atoms with van der Waals surface area (Å²) in [5.74, 6) is -2.06. The minimum Gasteiger partial charge on any atom is -0.480 e. The fraction of sp³-hybridized carbons (Fsp3) is 0.375. The summed E-state index contributed by atoms with van der Waals surface area (Å²) in [6.07, 6.45) is 1.46. The van der Waals surface area contributed by atoms with Gasteiger partial charge in [-0.15, -0.1) is 0 Å². The molecule has 0 saturated heterocycles. The van der Waals surface area contributed by atoms with E-state index in [1.807, 2.05) is 48.5 Å². The number of aliphatic carboxylic acids is 1. The van der Waals surface area contributed by atoms with Crippen molar-refractivity contribution < 1.29 is 29.3 Å². The van der Waals surface area contributed by atoms with Crippen LogP contribution in [0.4, 0.5) is 4.79 Å². The van der Waals surface area contributed by atoms with E-state index in [9.17, 15) is 19.5 Å². The van der Waals surface area contributed by atoms with Crippen LogP contribution in [0, 0.1) is 0 Å². The third-order valence-electron chi connectivity index (χ3n) is 6.36. The van der Waals surface area contributed by atoms with Crippen molar-refractivity contribution in [3.05, 3.63) is 59.7 Å². The topological polar surface area (TPSA) is 125 Å². The van der Waals surface area contributed by atoms with E-state index in [1.54, 1.807) is 0 Å². The number of ether oxygens (including phenoxy) is 1. The zero-order valence-corrected chi connectivity index (χ0v) is 17.5. The Balaban J connectivity index is 1.45. The van der Waals surface area contributed by atoms with E-state index in [2.05, 4.69) is 10.6 Å². The summed E-state index contributed by atoms with van der Waals surface area (Å²) in [5, 5.41) is 23.3. The predicted octanol–water partition coefficient (Wildman–Crippen LogP) is 2.40. The van der Waals surface area contributed by atoms with Gasteiger partial charge in [0, 0.05) is 5.92 Å². The molecule has 4 rings (SSSR count). The van der Waals surface area contributed by atoms with Crippen molar-refractivity contribution >= 4 is 18.0 Å². The van der Waals surface area contributed by atoms with E-state index in [4.69, 9.17) is 9.84 Å². The van der Waals surface area contributed by atoms with Gasteiger partial charge >= 0.3 is 12.1 Å². The lowest BCUT2D eigenvalue weighted by atomic mass is 9.96. The van der Waals surface area contributed by atoms with Crippen molar-refractivity contribution in [1.82, 2.24) is 10.6 Å². The average molecular weight is 438 g/mol. The molecule has 0 unspecified atom stereocenters. The summed E-state index contributed by atoms with van der Waals surface area (Å²) in [6.45, 7) is -0.617. The molecule has 1 saturated carbocycles. The van der Waals surface area contributed by atoms with Gasteiger partial charge in [0.15, 0.2) is 0 Å². The zero-order chi connectivity index (χ0) is 22.7. The lowest BCUT2D eigenvalue weighted by Gasteiger charge is -2.30. The second-order valence-electron chi connectivity index (χ2n) is 8.29. The fourth-order valence-electron chi connectivity index (χ4n) is 4.70. The van der Waals surface area contributed by atoms with Crippen LogP contribution in [0.3, 0.4) is 0 Å². The summed E-state index contributed by atoms with van der Waals surface area (Å²) in [4.78, 5) is 36.7. The number of benzene rings is 2. The quantitative estimate of drug-likeness (QED) is 0.526. The molecule has 2 aromatic rings. The molecule has 0 spiro atoms. The molecule has 2 aromatic carbocycles. The molecule has 2 aliphatic carbocycles. The molecule has 0 heterocycles. The van der Waals surface area contributed by atoms with Gasteiger partial charge in [-0.1, -0.05) is 61.4 Å². The van der Waals surface area contributed by atoms with E-state index in [-0.39, 0.29) is 12.5 Å². The van der Waals surface area contributed by atoms with Gasteiger partial charge < -0.3 is 25.6 Å². The number of aliphatic hydroxyl groups excluding tert-OH is 1. The number of carboxylic acids is 1. The normalized spacial score (nSPS) is 17.2. The number of aliphatic hydroxyl groups is 1. The number of carbonyl (C=O) groups is 3. The van der Waals surface area contributed by atoms with Crippen LogP contribution in [0.1, 0.15) is 42.7 Å². The molecule has 0 bridgehead atoms. The fourth-order valence-corrected chi connectivity index (χ4v) is 4.70. The number of alkyl carbamates (subject to hydrolysis) is 1. The van der Waals surface area contributed by atoms with E-state index in [0.717, 1.165) is 22.3 Å². The third-order valence-corrected chi connectivity index (χ3v) is 6.36. The molecule has 2 amide bonds. The highest BCUT2D eigenvalue weighted by Gasteiger charge is 2.44. The van der Waals surface area contributed by atoms with Crippen LogP contribution in [0.15, 0.2) is 48.5 Å².